The number of carboxylic acid groups (broad SMARTS) is 1. The van der Waals surface area contributed by atoms with Crippen molar-refractivity contribution < 1.29 is 38.5 Å². The number of nitrogens with one attached hydrogen (secondary N) is 1. The van der Waals surface area contributed by atoms with E-state index in [-0.39, 0.29) is 30.4 Å². The number of carboxylic acids is 1. The van der Waals surface area contributed by atoms with E-state index >= 15 is 0 Å². The van der Waals surface area contributed by atoms with Crippen LogP contribution in [-0.2, 0) is 30.3 Å². The van der Waals surface area contributed by atoms with Crippen molar-refractivity contribution in [2.75, 3.05) is 6.54 Å². The molecule has 1 rings (SSSR count). The van der Waals surface area contributed by atoms with Gasteiger partial charge >= 0.3 is 23.9 Å². The minimum Gasteiger partial charge on any atom is -0.480 e. The number of carbonyl (C=O) groups is 4. The monoisotopic (exact) mass is 423 g/mol. The van der Waals surface area contributed by atoms with Crippen molar-refractivity contribution in [3.63, 3.8) is 0 Å². The topological polar surface area (TPSA) is 128 Å². The maximum absolute atomic E-state index is 11.9. The first-order valence-corrected chi connectivity index (χ1v) is 9.46. The fourth-order valence-corrected chi connectivity index (χ4v) is 2.35. The largest absolute Gasteiger partial charge is 0.480 e. The molecule has 0 saturated heterocycles. The second-order valence-electron chi connectivity index (χ2n) is 7.94. The van der Waals surface area contributed by atoms with Crippen molar-refractivity contribution in [2.45, 2.75) is 60.1 Å². The van der Waals surface area contributed by atoms with Gasteiger partial charge in [0.25, 0.3) is 0 Å². The van der Waals surface area contributed by atoms with Gasteiger partial charge in [-0.15, -0.1) is 0 Å². The lowest BCUT2D eigenvalue weighted by Gasteiger charge is -2.23. The van der Waals surface area contributed by atoms with E-state index < -0.39 is 35.5 Å². The lowest BCUT2D eigenvalue weighted by Crippen LogP contribution is -2.43. The molecule has 1 unspecified atom stereocenters. The van der Waals surface area contributed by atoms with Gasteiger partial charge in [-0.2, -0.15) is 0 Å². The normalized spacial score (nSPS) is 13.1. The molecule has 0 aliphatic heterocycles. The molecule has 0 aromatic heterocycles. The van der Waals surface area contributed by atoms with Crippen LogP contribution in [0.4, 0.5) is 0 Å². The summed E-state index contributed by atoms with van der Waals surface area (Å²) in [6.45, 7) is 9.42. The first-order chi connectivity index (χ1) is 13.8. The zero-order chi connectivity index (χ0) is 23.1. The van der Waals surface area contributed by atoms with Crippen molar-refractivity contribution in [1.29, 1.82) is 0 Å². The number of hydrogen-bond donors (Lipinski definition) is 2. The van der Waals surface area contributed by atoms with E-state index in [1.807, 2.05) is 0 Å². The van der Waals surface area contributed by atoms with Crippen molar-refractivity contribution in [1.82, 2.24) is 5.32 Å². The van der Waals surface area contributed by atoms with E-state index in [0.29, 0.717) is 5.56 Å². The zero-order valence-corrected chi connectivity index (χ0v) is 18.1. The molecule has 9 nitrogen and oxygen atoms in total. The second-order valence-corrected chi connectivity index (χ2v) is 7.94. The number of benzene rings is 1. The molecule has 0 aliphatic carbocycles. The van der Waals surface area contributed by atoms with Crippen LogP contribution in [0.2, 0.25) is 0 Å². The first-order valence-electron chi connectivity index (χ1n) is 9.46. The number of aliphatic carboxylic acids is 1. The van der Waals surface area contributed by atoms with Gasteiger partial charge in [-0.3, -0.25) is 19.2 Å². The van der Waals surface area contributed by atoms with Crippen LogP contribution in [0.1, 0.15) is 47.1 Å². The van der Waals surface area contributed by atoms with Gasteiger partial charge < -0.3 is 24.6 Å². The Balaban J connectivity index is 2.87. The molecule has 0 bridgehead atoms. The lowest BCUT2D eigenvalue weighted by atomic mass is 9.97. The Labute approximate surface area is 175 Å². The SMILES string of the molecule is CC(=O)Oc1ccc(C[C@H](NCC(C)OC(=O)C(C)(C)C)C(=O)O)cc1OC(C)=O. The molecule has 1 aromatic rings. The summed E-state index contributed by atoms with van der Waals surface area (Å²) in [6.07, 6.45) is -0.467. The van der Waals surface area contributed by atoms with E-state index in [0.717, 1.165) is 0 Å². The molecule has 0 fully saturated rings. The molecule has 1 aromatic carbocycles. The summed E-state index contributed by atoms with van der Waals surface area (Å²) in [7, 11) is 0. The highest BCUT2D eigenvalue weighted by Gasteiger charge is 2.26. The fourth-order valence-electron chi connectivity index (χ4n) is 2.35. The number of esters is 3. The molecule has 0 heterocycles. The predicted octanol–water partition coefficient (Wildman–Crippen LogP) is 2.10. The van der Waals surface area contributed by atoms with Crippen molar-refractivity contribution in [2.24, 2.45) is 5.41 Å². The van der Waals surface area contributed by atoms with Crippen LogP contribution in [-0.4, -0.2) is 47.7 Å². The molecular weight excluding hydrogens is 394 g/mol. The van der Waals surface area contributed by atoms with Crippen molar-refractivity contribution in [3.8, 4) is 11.5 Å². The Morgan fingerprint density at radius 2 is 1.60 bits per heavy atom. The van der Waals surface area contributed by atoms with Gasteiger partial charge in [0.2, 0.25) is 0 Å². The number of hydrogen-bond acceptors (Lipinski definition) is 8. The maximum atomic E-state index is 11.9. The highest BCUT2D eigenvalue weighted by atomic mass is 16.6. The molecule has 2 atom stereocenters. The van der Waals surface area contributed by atoms with E-state index in [1.54, 1.807) is 33.8 Å². The second kappa shape index (κ2) is 10.7. The third-order valence-electron chi connectivity index (χ3n) is 3.83. The van der Waals surface area contributed by atoms with Gasteiger partial charge in [-0.25, -0.2) is 0 Å². The molecule has 166 valence electrons. The summed E-state index contributed by atoms with van der Waals surface area (Å²) in [4.78, 5) is 46.1. The molecule has 9 heteroatoms. The molecular formula is C21H29NO8. The van der Waals surface area contributed by atoms with E-state index in [1.165, 1.54) is 26.0 Å². The van der Waals surface area contributed by atoms with Crippen LogP contribution in [0.3, 0.4) is 0 Å². The van der Waals surface area contributed by atoms with Gasteiger partial charge in [0.15, 0.2) is 11.5 Å². The first kappa shape index (κ1) is 25.1. The zero-order valence-electron chi connectivity index (χ0n) is 18.1. The van der Waals surface area contributed by atoms with Gasteiger partial charge in [0.05, 0.1) is 5.41 Å². The van der Waals surface area contributed by atoms with Crippen LogP contribution in [0, 0.1) is 5.41 Å². The molecule has 0 aliphatic rings. The summed E-state index contributed by atoms with van der Waals surface area (Å²) in [6, 6.07) is 3.47. The molecule has 0 spiro atoms. The molecule has 2 N–H and O–H groups in total. The lowest BCUT2D eigenvalue weighted by molar-refractivity contribution is -0.157. The van der Waals surface area contributed by atoms with E-state index in [2.05, 4.69) is 5.32 Å². The fraction of sp³-hybridized carbons (Fsp3) is 0.524. The maximum Gasteiger partial charge on any atom is 0.321 e. The third kappa shape index (κ3) is 8.60. The van der Waals surface area contributed by atoms with E-state index in [9.17, 15) is 24.3 Å². The molecule has 30 heavy (non-hydrogen) atoms. The van der Waals surface area contributed by atoms with Gasteiger partial charge in [-0.05, 0) is 51.8 Å². The van der Waals surface area contributed by atoms with Crippen molar-refractivity contribution >= 4 is 23.9 Å². The third-order valence-corrected chi connectivity index (χ3v) is 3.83. The Bertz CT molecular complexity index is 797. The molecule has 0 radical (unpaired) electrons. The van der Waals surface area contributed by atoms with Gasteiger partial charge in [0, 0.05) is 20.4 Å². The molecule has 0 amide bonds. The molecule has 0 saturated carbocycles. The van der Waals surface area contributed by atoms with Crippen LogP contribution >= 0.6 is 0 Å². The summed E-state index contributed by atoms with van der Waals surface area (Å²) >= 11 is 0. The summed E-state index contributed by atoms with van der Waals surface area (Å²) in [5, 5.41) is 12.4. The number of rotatable bonds is 9. The van der Waals surface area contributed by atoms with Crippen molar-refractivity contribution in [3.05, 3.63) is 23.8 Å². The predicted molar refractivity (Wildman–Crippen MR) is 107 cm³/mol. The Morgan fingerprint density at radius 1 is 1.03 bits per heavy atom. The minimum absolute atomic E-state index is 0.0202. The highest BCUT2D eigenvalue weighted by Crippen LogP contribution is 2.29. The minimum atomic E-state index is -1.09. The van der Waals surface area contributed by atoms with Crippen LogP contribution < -0.4 is 14.8 Å². The van der Waals surface area contributed by atoms with E-state index in [4.69, 9.17) is 14.2 Å². The average Bonchev–Trinajstić information content (AvgIpc) is 2.58. The Hall–Kier alpha value is -2.94. The van der Waals surface area contributed by atoms with Gasteiger partial charge in [-0.1, -0.05) is 6.07 Å². The summed E-state index contributed by atoms with van der Waals surface area (Å²) in [5.41, 5.74) is -0.113. The summed E-state index contributed by atoms with van der Waals surface area (Å²) < 4.78 is 15.4. The van der Waals surface area contributed by atoms with Crippen LogP contribution in [0.25, 0.3) is 0 Å². The highest BCUT2D eigenvalue weighted by molar-refractivity contribution is 5.76. The smallest absolute Gasteiger partial charge is 0.321 e. The number of carbonyl (C=O) groups excluding carboxylic acids is 3. The number of ether oxygens (including phenoxy) is 3. The Morgan fingerprint density at radius 3 is 2.10 bits per heavy atom. The standard InChI is InChI=1S/C21H29NO8/c1-12(28-20(27)21(4,5)6)11-22-16(19(25)26)9-15-7-8-17(29-13(2)23)18(10-15)30-14(3)24/h7-8,10,12,16,22H,9,11H2,1-6H3,(H,25,26)/t12?,16-/m0/s1. The van der Waals surface area contributed by atoms with Gasteiger partial charge in [0.1, 0.15) is 12.1 Å². The Kier molecular flexibility index (Phi) is 8.97. The quantitative estimate of drug-likeness (QED) is 0.453. The van der Waals surface area contributed by atoms with Crippen LogP contribution in [0.15, 0.2) is 18.2 Å². The van der Waals surface area contributed by atoms with Crippen LogP contribution in [0.5, 0.6) is 11.5 Å². The summed E-state index contributed by atoms with van der Waals surface area (Å²) in [5.74, 6) is -2.59. The average molecular weight is 423 g/mol.